The third-order valence-electron chi connectivity index (χ3n) is 5.09. The maximum absolute atomic E-state index is 11.4. The number of nitrogen functional groups attached to an aromatic ring is 1. The van der Waals surface area contributed by atoms with E-state index in [4.69, 9.17) is 15.0 Å². The summed E-state index contributed by atoms with van der Waals surface area (Å²) in [6.45, 7) is 13.9. The number of hydrogen-bond donors (Lipinski definition) is 2. The molecule has 1 amide bonds. The van der Waals surface area contributed by atoms with Crippen molar-refractivity contribution < 1.29 is 14.1 Å². The number of anilines is 1. The molecule has 0 atom stereocenters. The first-order valence-corrected chi connectivity index (χ1v) is 8.60. The maximum Gasteiger partial charge on any atom is 0.492 e. The Morgan fingerprint density at radius 3 is 2.24 bits per heavy atom. The minimum atomic E-state index is -0.505. The van der Waals surface area contributed by atoms with E-state index in [1.807, 2.05) is 59.8 Å². The summed E-state index contributed by atoms with van der Waals surface area (Å²) in [7, 11) is -0.505. The van der Waals surface area contributed by atoms with Gasteiger partial charge in [-0.3, -0.25) is 4.79 Å². The fourth-order valence-corrected chi connectivity index (χ4v) is 2.64. The Morgan fingerprint density at radius 2 is 1.72 bits per heavy atom. The van der Waals surface area contributed by atoms with Gasteiger partial charge >= 0.3 is 7.12 Å². The molecule has 0 aliphatic carbocycles. The molecule has 1 heterocycles. The Bertz CT molecular complexity index is 695. The second-order valence-corrected chi connectivity index (χ2v) is 7.78. The number of rotatable bonds is 4. The van der Waals surface area contributed by atoms with E-state index in [0.29, 0.717) is 6.54 Å². The van der Waals surface area contributed by atoms with Crippen LogP contribution in [0.4, 0.5) is 5.69 Å². The first-order valence-electron chi connectivity index (χ1n) is 8.60. The zero-order chi connectivity index (χ0) is 19.0. The van der Waals surface area contributed by atoms with Crippen LogP contribution in [-0.2, 0) is 14.1 Å². The lowest BCUT2D eigenvalue weighted by atomic mass is 9.76. The van der Waals surface area contributed by atoms with Gasteiger partial charge in [0.05, 0.1) is 11.2 Å². The van der Waals surface area contributed by atoms with Gasteiger partial charge in [0.15, 0.2) is 0 Å². The van der Waals surface area contributed by atoms with Crippen molar-refractivity contribution in [2.24, 2.45) is 0 Å². The van der Waals surface area contributed by atoms with Crippen LogP contribution in [0.2, 0.25) is 0 Å². The van der Waals surface area contributed by atoms with Crippen molar-refractivity contribution in [3.05, 3.63) is 34.3 Å². The minimum Gasteiger partial charge on any atom is -0.400 e. The monoisotopic (exact) mass is 344 g/mol. The molecule has 6 heteroatoms. The highest BCUT2D eigenvalue weighted by Gasteiger charge is 2.52. The molecule has 0 radical (unpaired) electrons. The standard InChI is InChI=1S/C19H29BN2O3/c1-12-9-17(21)13(2)8-15(12)10-16(11-22-14(3)23)20-24-18(4,5)19(6,7)25-20/h8-10H,11,21H2,1-7H3,(H,22,23). The van der Waals surface area contributed by atoms with Crippen LogP contribution in [0.5, 0.6) is 0 Å². The summed E-state index contributed by atoms with van der Waals surface area (Å²) in [4.78, 5) is 11.4. The lowest BCUT2D eigenvalue weighted by Crippen LogP contribution is -2.41. The van der Waals surface area contributed by atoms with Gasteiger partial charge in [0.25, 0.3) is 0 Å². The van der Waals surface area contributed by atoms with Crippen molar-refractivity contribution in [3.8, 4) is 0 Å². The molecular weight excluding hydrogens is 315 g/mol. The zero-order valence-corrected chi connectivity index (χ0v) is 16.3. The van der Waals surface area contributed by atoms with Crippen molar-refractivity contribution >= 4 is 24.8 Å². The van der Waals surface area contributed by atoms with Crippen molar-refractivity contribution in [3.63, 3.8) is 0 Å². The predicted molar refractivity (Wildman–Crippen MR) is 103 cm³/mol. The number of carbonyl (C=O) groups is 1. The minimum absolute atomic E-state index is 0.0902. The van der Waals surface area contributed by atoms with Crippen LogP contribution >= 0.6 is 0 Å². The molecule has 2 rings (SSSR count). The van der Waals surface area contributed by atoms with Gasteiger partial charge in [-0.1, -0.05) is 6.08 Å². The van der Waals surface area contributed by atoms with Gasteiger partial charge in [-0.2, -0.15) is 0 Å². The highest BCUT2D eigenvalue weighted by atomic mass is 16.7. The van der Waals surface area contributed by atoms with Crippen LogP contribution in [0, 0.1) is 13.8 Å². The van der Waals surface area contributed by atoms with E-state index in [2.05, 4.69) is 5.32 Å². The van der Waals surface area contributed by atoms with Crippen molar-refractivity contribution in [2.75, 3.05) is 12.3 Å². The van der Waals surface area contributed by atoms with Gasteiger partial charge in [-0.05, 0) is 75.8 Å². The molecule has 0 unspecified atom stereocenters. The molecule has 1 aliphatic rings. The summed E-state index contributed by atoms with van der Waals surface area (Å²) in [6, 6.07) is 4.01. The van der Waals surface area contributed by atoms with Crippen molar-refractivity contribution in [2.45, 2.75) is 59.7 Å². The largest absolute Gasteiger partial charge is 0.492 e. The summed E-state index contributed by atoms with van der Waals surface area (Å²) < 4.78 is 12.3. The normalized spacial score (nSPS) is 19.2. The summed E-state index contributed by atoms with van der Waals surface area (Å²) in [5.41, 5.74) is 9.90. The average molecular weight is 344 g/mol. The SMILES string of the molecule is CC(=O)NCC(=Cc1cc(C)c(N)cc1C)B1OC(C)(C)C(C)(C)O1. The van der Waals surface area contributed by atoms with Gasteiger partial charge < -0.3 is 20.4 Å². The van der Waals surface area contributed by atoms with Gasteiger partial charge in [0.1, 0.15) is 0 Å². The van der Waals surface area contributed by atoms with Gasteiger partial charge in [0, 0.05) is 19.2 Å². The second kappa shape index (κ2) is 6.85. The number of benzene rings is 1. The summed E-state index contributed by atoms with van der Waals surface area (Å²) >= 11 is 0. The summed E-state index contributed by atoms with van der Waals surface area (Å²) in [5.74, 6) is -0.0902. The number of aryl methyl sites for hydroxylation is 2. The fourth-order valence-electron chi connectivity index (χ4n) is 2.64. The Hall–Kier alpha value is -1.79. The average Bonchev–Trinajstić information content (AvgIpc) is 2.68. The second-order valence-electron chi connectivity index (χ2n) is 7.78. The Labute approximate surface area is 151 Å². The molecule has 136 valence electrons. The molecule has 0 aromatic heterocycles. The van der Waals surface area contributed by atoms with Crippen molar-refractivity contribution in [1.29, 1.82) is 0 Å². The zero-order valence-electron chi connectivity index (χ0n) is 16.3. The van der Waals surface area contributed by atoms with Gasteiger partial charge in [0.2, 0.25) is 5.91 Å². The maximum atomic E-state index is 11.4. The van der Waals surface area contributed by atoms with E-state index in [1.54, 1.807) is 0 Å². The number of amides is 1. The van der Waals surface area contributed by atoms with Crippen LogP contribution < -0.4 is 11.1 Å². The third-order valence-corrected chi connectivity index (χ3v) is 5.09. The topological polar surface area (TPSA) is 73.6 Å². The van der Waals surface area contributed by atoms with Crippen LogP contribution in [0.3, 0.4) is 0 Å². The van der Waals surface area contributed by atoms with E-state index < -0.39 is 18.3 Å². The number of nitrogens with one attached hydrogen (secondary N) is 1. The van der Waals surface area contributed by atoms with E-state index in [9.17, 15) is 4.79 Å². The van der Waals surface area contributed by atoms with Crippen LogP contribution in [0.25, 0.3) is 6.08 Å². The lowest BCUT2D eigenvalue weighted by molar-refractivity contribution is -0.118. The quantitative estimate of drug-likeness (QED) is 0.650. The van der Waals surface area contributed by atoms with Crippen molar-refractivity contribution in [1.82, 2.24) is 5.32 Å². The highest BCUT2D eigenvalue weighted by Crippen LogP contribution is 2.39. The van der Waals surface area contributed by atoms with E-state index in [1.165, 1.54) is 6.92 Å². The molecule has 5 nitrogen and oxygen atoms in total. The fraction of sp³-hybridized carbons (Fsp3) is 0.526. The van der Waals surface area contributed by atoms with E-state index in [0.717, 1.165) is 27.9 Å². The third kappa shape index (κ3) is 4.25. The molecule has 25 heavy (non-hydrogen) atoms. The molecule has 1 aromatic carbocycles. The Kier molecular flexibility index (Phi) is 5.35. The Balaban J connectivity index is 2.40. The first kappa shape index (κ1) is 19.5. The number of carbonyl (C=O) groups excluding carboxylic acids is 1. The van der Waals surface area contributed by atoms with Gasteiger partial charge in [-0.25, -0.2) is 0 Å². The molecular formula is C19H29BN2O3. The van der Waals surface area contributed by atoms with Crippen LogP contribution in [-0.4, -0.2) is 30.8 Å². The predicted octanol–water partition coefficient (Wildman–Crippen LogP) is 3.04. The summed E-state index contributed by atoms with van der Waals surface area (Å²) in [6.07, 6.45) is 2.03. The number of nitrogens with two attached hydrogens (primary N) is 1. The molecule has 3 N–H and O–H groups in total. The van der Waals surface area contributed by atoms with Crippen LogP contribution in [0.15, 0.2) is 17.6 Å². The lowest BCUT2D eigenvalue weighted by Gasteiger charge is -2.32. The number of hydrogen-bond acceptors (Lipinski definition) is 4. The molecule has 1 saturated heterocycles. The molecule has 0 saturated carbocycles. The molecule has 1 aromatic rings. The Morgan fingerprint density at radius 1 is 1.16 bits per heavy atom. The van der Waals surface area contributed by atoms with Gasteiger partial charge in [-0.15, -0.1) is 0 Å². The van der Waals surface area contributed by atoms with Crippen LogP contribution in [0.1, 0.15) is 51.3 Å². The molecule has 1 aliphatic heterocycles. The van der Waals surface area contributed by atoms with E-state index in [-0.39, 0.29) is 5.91 Å². The smallest absolute Gasteiger partial charge is 0.400 e. The molecule has 0 spiro atoms. The first-order chi connectivity index (χ1) is 11.4. The molecule has 0 bridgehead atoms. The van der Waals surface area contributed by atoms with E-state index >= 15 is 0 Å². The summed E-state index contributed by atoms with van der Waals surface area (Å²) in [5, 5.41) is 2.85. The molecule has 1 fully saturated rings. The highest BCUT2D eigenvalue weighted by molar-refractivity contribution is 6.56.